The Balaban J connectivity index is 1.47. The second-order valence-corrected chi connectivity index (χ2v) is 7.47. The molecule has 1 atom stereocenters. The van der Waals surface area contributed by atoms with Crippen molar-refractivity contribution in [3.8, 4) is 0 Å². The van der Waals surface area contributed by atoms with E-state index in [9.17, 15) is 14.4 Å². The molecule has 3 rings (SSSR count). The summed E-state index contributed by atoms with van der Waals surface area (Å²) in [6, 6.07) is 16.1. The van der Waals surface area contributed by atoms with E-state index >= 15 is 0 Å². The smallest absolute Gasteiger partial charge is 0.325 e. The van der Waals surface area contributed by atoms with Gasteiger partial charge in [-0.25, -0.2) is 4.98 Å². The van der Waals surface area contributed by atoms with Crippen molar-refractivity contribution in [3.05, 3.63) is 65.2 Å². The van der Waals surface area contributed by atoms with Gasteiger partial charge in [0.25, 0.3) is 11.8 Å². The van der Waals surface area contributed by atoms with Crippen LogP contribution in [0.4, 0.5) is 0 Å². The Hall–Kier alpha value is -3.26. The normalized spacial score (nSPS) is 11.7. The third-order valence-electron chi connectivity index (χ3n) is 4.43. The first-order valence-electron chi connectivity index (χ1n) is 9.05. The first-order chi connectivity index (χ1) is 14.0. The van der Waals surface area contributed by atoms with E-state index in [4.69, 9.17) is 4.74 Å². The molecule has 0 unspecified atom stereocenters. The number of esters is 1. The molecule has 0 bridgehead atoms. The number of fused-ring (bicyclic) bond motifs is 1. The lowest BCUT2D eigenvalue weighted by Crippen LogP contribution is -2.36. The number of nitrogens with one attached hydrogen (secondary N) is 1. The van der Waals surface area contributed by atoms with Crippen LogP contribution in [0.3, 0.4) is 0 Å². The minimum Gasteiger partial charge on any atom is -0.454 e. The van der Waals surface area contributed by atoms with Gasteiger partial charge in [0, 0.05) is 12.6 Å². The average Bonchev–Trinajstić information content (AvgIpc) is 3.19. The van der Waals surface area contributed by atoms with Gasteiger partial charge < -0.3 is 15.0 Å². The quantitative estimate of drug-likeness (QED) is 0.604. The van der Waals surface area contributed by atoms with Crippen LogP contribution in [0, 0.1) is 0 Å². The lowest BCUT2D eigenvalue weighted by atomic mass is 10.2. The number of benzene rings is 2. The number of hydrogen-bond acceptors (Lipinski definition) is 6. The minimum absolute atomic E-state index is 0.253. The largest absolute Gasteiger partial charge is 0.454 e. The lowest BCUT2D eigenvalue weighted by Gasteiger charge is -2.23. The van der Waals surface area contributed by atoms with Gasteiger partial charge in [-0.3, -0.25) is 14.4 Å². The Morgan fingerprint density at radius 2 is 1.79 bits per heavy atom. The van der Waals surface area contributed by atoms with Crippen LogP contribution in [-0.4, -0.2) is 47.9 Å². The van der Waals surface area contributed by atoms with Gasteiger partial charge in [-0.2, -0.15) is 0 Å². The number of para-hydroxylation sites is 1. The maximum atomic E-state index is 12.4. The van der Waals surface area contributed by atoms with Crippen molar-refractivity contribution in [2.24, 2.45) is 0 Å². The summed E-state index contributed by atoms with van der Waals surface area (Å²) in [7, 11) is 1.64. The van der Waals surface area contributed by atoms with Crippen molar-refractivity contribution < 1.29 is 19.1 Å². The van der Waals surface area contributed by atoms with Crippen LogP contribution in [0.1, 0.15) is 28.3 Å². The number of ether oxygens (including phenoxy) is 1. The number of nitrogens with zero attached hydrogens (tertiary/aromatic N) is 2. The summed E-state index contributed by atoms with van der Waals surface area (Å²) in [5, 5.41) is 3.28. The number of carbonyl (C=O) groups is 3. The third-order valence-corrected chi connectivity index (χ3v) is 5.63. The molecule has 1 heterocycles. The van der Waals surface area contributed by atoms with Crippen molar-refractivity contribution >= 4 is 39.3 Å². The van der Waals surface area contributed by atoms with Crippen molar-refractivity contribution in [2.75, 3.05) is 20.2 Å². The summed E-state index contributed by atoms with van der Waals surface area (Å²) >= 11 is 1.52. The van der Waals surface area contributed by atoms with E-state index in [0.717, 1.165) is 15.2 Å². The average molecular weight is 411 g/mol. The highest BCUT2D eigenvalue weighted by molar-refractivity contribution is 7.18. The van der Waals surface area contributed by atoms with Gasteiger partial charge >= 0.3 is 5.97 Å². The van der Waals surface area contributed by atoms with Crippen LogP contribution >= 0.6 is 11.3 Å². The molecule has 0 fully saturated rings. The topological polar surface area (TPSA) is 88.6 Å². The zero-order chi connectivity index (χ0) is 20.8. The molecule has 29 heavy (non-hydrogen) atoms. The molecule has 150 valence electrons. The fourth-order valence-corrected chi connectivity index (χ4v) is 3.65. The van der Waals surface area contributed by atoms with E-state index in [-0.39, 0.29) is 24.4 Å². The summed E-state index contributed by atoms with van der Waals surface area (Å²) in [6.45, 7) is 1.17. The maximum Gasteiger partial charge on any atom is 0.325 e. The van der Waals surface area contributed by atoms with Crippen LogP contribution < -0.4 is 5.32 Å². The summed E-state index contributed by atoms with van der Waals surface area (Å²) in [5.41, 5.74) is 1.33. The number of rotatable bonds is 7. The summed E-state index contributed by atoms with van der Waals surface area (Å²) < 4.78 is 6.05. The lowest BCUT2D eigenvalue weighted by molar-refractivity contribution is -0.151. The molecule has 1 N–H and O–H groups in total. The highest BCUT2D eigenvalue weighted by atomic mass is 32.1. The standard InChI is InChI=1S/C21H21N3O4S/c1-14(21-23-16-10-6-7-11-17(16)29-21)24(2)18(25)13-28-19(26)12-22-20(27)15-8-4-3-5-9-15/h3-11,14H,12-13H2,1-2H3,(H,22,27)/t14-/m0/s1. The highest BCUT2D eigenvalue weighted by Gasteiger charge is 2.21. The molecule has 3 aromatic rings. The predicted molar refractivity (Wildman–Crippen MR) is 111 cm³/mol. The number of aromatic nitrogens is 1. The monoisotopic (exact) mass is 411 g/mol. The van der Waals surface area contributed by atoms with Gasteiger partial charge in [-0.15, -0.1) is 11.3 Å². The van der Waals surface area contributed by atoms with Gasteiger partial charge in [0.05, 0.1) is 16.3 Å². The van der Waals surface area contributed by atoms with Crippen LogP contribution in [0.2, 0.25) is 0 Å². The van der Waals surface area contributed by atoms with Gasteiger partial charge in [-0.1, -0.05) is 30.3 Å². The van der Waals surface area contributed by atoms with Crippen LogP contribution in [0.25, 0.3) is 10.2 Å². The van der Waals surface area contributed by atoms with Gasteiger partial charge in [0.1, 0.15) is 11.6 Å². The molecule has 0 saturated carbocycles. The van der Waals surface area contributed by atoms with Crippen molar-refractivity contribution in [1.29, 1.82) is 0 Å². The Morgan fingerprint density at radius 3 is 2.52 bits per heavy atom. The van der Waals surface area contributed by atoms with Gasteiger partial charge in [0.15, 0.2) is 6.61 Å². The Morgan fingerprint density at radius 1 is 1.10 bits per heavy atom. The third kappa shape index (κ3) is 5.17. The molecule has 7 nitrogen and oxygen atoms in total. The summed E-state index contributed by atoms with van der Waals surface area (Å²) in [6.07, 6.45) is 0. The van der Waals surface area contributed by atoms with E-state index in [1.54, 1.807) is 37.4 Å². The SMILES string of the molecule is C[C@@H](c1nc2ccccc2s1)N(C)C(=O)COC(=O)CNC(=O)c1ccccc1. The van der Waals surface area contributed by atoms with E-state index < -0.39 is 12.6 Å². The van der Waals surface area contributed by atoms with Crippen molar-refractivity contribution in [2.45, 2.75) is 13.0 Å². The minimum atomic E-state index is -0.677. The van der Waals surface area contributed by atoms with Crippen LogP contribution in [0.5, 0.6) is 0 Å². The Kier molecular flexibility index (Phi) is 6.56. The first kappa shape index (κ1) is 20.5. The highest BCUT2D eigenvalue weighted by Crippen LogP contribution is 2.28. The van der Waals surface area contributed by atoms with Crippen molar-refractivity contribution in [3.63, 3.8) is 0 Å². The Labute approximate surface area is 172 Å². The molecule has 8 heteroatoms. The predicted octanol–water partition coefficient (Wildman–Crippen LogP) is 2.79. The van der Waals surface area contributed by atoms with E-state index in [2.05, 4.69) is 10.3 Å². The van der Waals surface area contributed by atoms with Crippen LogP contribution in [0.15, 0.2) is 54.6 Å². The number of likely N-dealkylation sites (N-methyl/N-ethyl adjacent to an activating group) is 1. The number of amides is 2. The summed E-state index contributed by atoms with van der Waals surface area (Å²) in [4.78, 5) is 42.2. The molecule has 0 aliphatic carbocycles. The molecule has 0 spiro atoms. The zero-order valence-electron chi connectivity index (χ0n) is 16.1. The second kappa shape index (κ2) is 9.29. The zero-order valence-corrected chi connectivity index (χ0v) is 16.9. The number of hydrogen-bond donors (Lipinski definition) is 1. The van der Waals surface area contributed by atoms with E-state index in [1.165, 1.54) is 16.2 Å². The van der Waals surface area contributed by atoms with Gasteiger partial charge in [0.2, 0.25) is 0 Å². The molecule has 2 amide bonds. The fourth-order valence-electron chi connectivity index (χ4n) is 2.59. The Bertz CT molecular complexity index is 986. The van der Waals surface area contributed by atoms with Gasteiger partial charge in [-0.05, 0) is 31.2 Å². The fraction of sp³-hybridized carbons (Fsp3) is 0.238. The first-order valence-corrected chi connectivity index (χ1v) is 9.87. The molecular weight excluding hydrogens is 390 g/mol. The summed E-state index contributed by atoms with van der Waals surface area (Å²) in [5.74, 6) is -1.40. The molecule has 0 aliphatic rings. The molecular formula is C21H21N3O4S. The molecule has 2 aromatic carbocycles. The molecule has 0 saturated heterocycles. The van der Waals surface area contributed by atoms with Crippen LogP contribution in [-0.2, 0) is 14.3 Å². The van der Waals surface area contributed by atoms with Crippen molar-refractivity contribution in [1.82, 2.24) is 15.2 Å². The number of thiazole rings is 1. The van der Waals surface area contributed by atoms with E-state index in [1.807, 2.05) is 31.2 Å². The maximum absolute atomic E-state index is 12.4. The van der Waals surface area contributed by atoms with E-state index in [0.29, 0.717) is 5.56 Å². The molecule has 0 aliphatic heterocycles. The molecule has 0 radical (unpaired) electrons. The molecule has 1 aromatic heterocycles. The second-order valence-electron chi connectivity index (χ2n) is 6.41. The number of carbonyl (C=O) groups excluding carboxylic acids is 3.